The summed E-state index contributed by atoms with van der Waals surface area (Å²) in [5.41, 5.74) is 1.32. The predicted octanol–water partition coefficient (Wildman–Crippen LogP) is 0.974. The Morgan fingerprint density at radius 2 is 2.00 bits per heavy atom. The Morgan fingerprint density at radius 3 is 2.68 bits per heavy atom. The molecule has 2 heterocycles. The van der Waals surface area contributed by atoms with Crippen molar-refractivity contribution in [3.8, 4) is 0 Å². The van der Waals surface area contributed by atoms with Crippen molar-refractivity contribution in [2.45, 2.75) is 39.2 Å². The van der Waals surface area contributed by atoms with Crippen molar-refractivity contribution in [2.75, 3.05) is 45.9 Å². The summed E-state index contributed by atoms with van der Waals surface area (Å²) in [5.74, 6) is 0. The third kappa shape index (κ3) is 5.62. The summed E-state index contributed by atoms with van der Waals surface area (Å²) in [6.07, 6.45) is 4.98. The Hall–Kier alpha value is -0.470. The van der Waals surface area contributed by atoms with Crippen LogP contribution in [-0.2, 0) is 14.9 Å². The fraction of sp³-hybridized carbons (Fsp3) is 0.867. The zero-order valence-electron chi connectivity index (χ0n) is 13.8. The maximum Gasteiger partial charge on any atom is 0.279 e. The summed E-state index contributed by atoms with van der Waals surface area (Å²) in [5, 5.41) is 0. The van der Waals surface area contributed by atoms with Crippen LogP contribution in [0.15, 0.2) is 11.6 Å². The molecular weight excluding hydrogens is 302 g/mol. The molecule has 0 aromatic carbocycles. The van der Waals surface area contributed by atoms with Crippen LogP contribution in [0.25, 0.3) is 0 Å². The first-order valence-corrected chi connectivity index (χ1v) is 9.63. The predicted molar refractivity (Wildman–Crippen MR) is 88.0 cm³/mol. The van der Waals surface area contributed by atoms with Crippen LogP contribution < -0.4 is 4.72 Å². The molecule has 0 bridgehead atoms. The summed E-state index contributed by atoms with van der Waals surface area (Å²) in [6.45, 7) is 9.42. The van der Waals surface area contributed by atoms with Gasteiger partial charge in [0.05, 0.1) is 12.7 Å². The van der Waals surface area contributed by atoms with Crippen LogP contribution in [-0.4, -0.2) is 69.6 Å². The Balaban J connectivity index is 1.71. The van der Waals surface area contributed by atoms with E-state index in [1.165, 1.54) is 9.88 Å². The van der Waals surface area contributed by atoms with Crippen molar-refractivity contribution in [3.05, 3.63) is 11.6 Å². The van der Waals surface area contributed by atoms with Gasteiger partial charge in [-0.2, -0.15) is 12.7 Å². The minimum Gasteiger partial charge on any atom is -0.376 e. The van der Waals surface area contributed by atoms with Gasteiger partial charge in [-0.15, -0.1) is 0 Å². The highest BCUT2D eigenvalue weighted by Crippen LogP contribution is 2.12. The Bertz CT molecular complexity index is 468. The summed E-state index contributed by atoms with van der Waals surface area (Å²) in [6, 6.07) is 0. The molecule has 2 rings (SSSR count). The monoisotopic (exact) mass is 331 g/mol. The van der Waals surface area contributed by atoms with Gasteiger partial charge in [0.2, 0.25) is 0 Å². The van der Waals surface area contributed by atoms with E-state index in [0.717, 1.165) is 45.5 Å². The number of nitrogens with one attached hydrogen (secondary N) is 1. The first-order valence-electron chi connectivity index (χ1n) is 8.19. The van der Waals surface area contributed by atoms with Gasteiger partial charge in [0, 0.05) is 39.3 Å². The molecule has 1 N–H and O–H groups in total. The van der Waals surface area contributed by atoms with Gasteiger partial charge >= 0.3 is 0 Å². The van der Waals surface area contributed by atoms with Gasteiger partial charge in [-0.25, -0.2) is 4.72 Å². The lowest BCUT2D eigenvalue weighted by molar-refractivity contribution is -0.0272. The fourth-order valence-electron chi connectivity index (χ4n) is 2.80. The minimum atomic E-state index is -3.29. The van der Waals surface area contributed by atoms with Crippen LogP contribution in [0.3, 0.4) is 0 Å². The van der Waals surface area contributed by atoms with E-state index in [1.54, 1.807) is 0 Å². The number of allylic oxidation sites excluding steroid dienone is 1. The molecule has 0 amide bonds. The zero-order chi connectivity index (χ0) is 16.0. The first kappa shape index (κ1) is 17.9. The van der Waals surface area contributed by atoms with Crippen molar-refractivity contribution < 1.29 is 13.2 Å². The van der Waals surface area contributed by atoms with Gasteiger partial charge in [0.15, 0.2) is 0 Å². The number of hydrogen-bond donors (Lipinski definition) is 1. The highest BCUT2D eigenvalue weighted by molar-refractivity contribution is 7.87. The normalized spacial score (nSPS) is 24.5. The molecule has 1 unspecified atom stereocenters. The average molecular weight is 331 g/mol. The van der Waals surface area contributed by atoms with E-state index in [4.69, 9.17) is 4.74 Å². The van der Waals surface area contributed by atoms with E-state index < -0.39 is 10.2 Å². The van der Waals surface area contributed by atoms with Crippen molar-refractivity contribution in [1.29, 1.82) is 0 Å². The smallest absolute Gasteiger partial charge is 0.279 e. The zero-order valence-corrected chi connectivity index (χ0v) is 14.6. The van der Waals surface area contributed by atoms with E-state index >= 15 is 0 Å². The van der Waals surface area contributed by atoms with Gasteiger partial charge in [-0.1, -0.05) is 11.6 Å². The van der Waals surface area contributed by atoms with Crippen molar-refractivity contribution in [1.82, 2.24) is 13.9 Å². The Morgan fingerprint density at radius 1 is 1.27 bits per heavy atom. The van der Waals surface area contributed by atoms with E-state index in [9.17, 15) is 8.42 Å². The third-order valence-electron chi connectivity index (χ3n) is 4.14. The van der Waals surface area contributed by atoms with Crippen LogP contribution in [0.4, 0.5) is 0 Å². The molecule has 0 saturated carbocycles. The van der Waals surface area contributed by atoms with E-state index in [1.807, 2.05) is 0 Å². The molecule has 128 valence electrons. The maximum atomic E-state index is 12.1. The highest BCUT2D eigenvalue weighted by Gasteiger charge is 2.25. The number of nitrogens with zero attached hydrogens (tertiary/aromatic N) is 2. The van der Waals surface area contributed by atoms with E-state index in [2.05, 4.69) is 29.5 Å². The van der Waals surface area contributed by atoms with Crippen LogP contribution in [0.5, 0.6) is 0 Å². The number of rotatable bonds is 7. The van der Waals surface area contributed by atoms with Gasteiger partial charge in [0.25, 0.3) is 10.2 Å². The van der Waals surface area contributed by atoms with E-state index in [-0.39, 0.29) is 6.10 Å². The molecule has 7 heteroatoms. The lowest BCUT2D eigenvalue weighted by atomic mass is 10.2. The van der Waals surface area contributed by atoms with E-state index in [0.29, 0.717) is 19.6 Å². The molecule has 0 aromatic heterocycles. The van der Waals surface area contributed by atoms with Crippen molar-refractivity contribution >= 4 is 10.2 Å². The third-order valence-corrected chi connectivity index (χ3v) is 5.75. The fourth-order valence-corrected chi connectivity index (χ4v) is 4.10. The average Bonchev–Trinajstić information content (AvgIpc) is 3.00. The van der Waals surface area contributed by atoms with Crippen molar-refractivity contribution in [3.63, 3.8) is 0 Å². The van der Waals surface area contributed by atoms with Crippen LogP contribution >= 0.6 is 0 Å². The second-order valence-corrected chi connectivity index (χ2v) is 8.08. The lowest BCUT2D eigenvalue weighted by Crippen LogP contribution is -2.45. The molecule has 0 aromatic rings. The molecule has 1 atom stereocenters. The van der Waals surface area contributed by atoms with Gasteiger partial charge in [0.1, 0.15) is 0 Å². The van der Waals surface area contributed by atoms with Gasteiger partial charge in [-0.05, 0) is 33.1 Å². The standard InChI is InChI=1S/C15H29N3O3S/c1-14(2)6-10-17-11-12-21-15(13-17)5-7-16-22(19,20)18-8-3-4-9-18/h6,15-16H,3-5,7-13H2,1-2H3. The van der Waals surface area contributed by atoms with Crippen molar-refractivity contribution in [2.24, 2.45) is 0 Å². The quantitative estimate of drug-likeness (QED) is 0.706. The second-order valence-electron chi connectivity index (χ2n) is 6.33. The molecule has 0 aliphatic carbocycles. The summed E-state index contributed by atoms with van der Waals surface area (Å²) in [7, 11) is -3.29. The molecule has 22 heavy (non-hydrogen) atoms. The second kappa shape index (κ2) is 8.40. The molecule has 6 nitrogen and oxygen atoms in total. The molecule has 2 saturated heterocycles. The molecule has 2 aliphatic heterocycles. The first-order chi connectivity index (χ1) is 10.5. The molecular formula is C15H29N3O3S. The van der Waals surface area contributed by atoms with Crippen LogP contribution in [0, 0.1) is 0 Å². The molecule has 2 aliphatic rings. The number of morpholine rings is 1. The topological polar surface area (TPSA) is 61.9 Å². The summed E-state index contributed by atoms with van der Waals surface area (Å²) >= 11 is 0. The van der Waals surface area contributed by atoms with Gasteiger partial charge < -0.3 is 4.74 Å². The van der Waals surface area contributed by atoms with Crippen LogP contribution in [0.1, 0.15) is 33.1 Å². The summed E-state index contributed by atoms with van der Waals surface area (Å²) < 4.78 is 34.1. The maximum absolute atomic E-state index is 12.1. The molecule has 2 fully saturated rings. The van der Waals surface area contributed by atoms with Crippen LogP contribution in [0.2, 0.25) is 0 Å². The summed E-state index contributed by atoms with van der Waals surface area (Å²) in [4.78, 5) is 2.36. The lowest BCUT2D eigenvalue weighted by Gasteiger charge is -2.32. The molecule has 0 spiro atoms. The Kier molecular flexibility index (Phi) is 6.83. The number of hydrogen-bond acceptors (Lipinski definition) is 4. The Labute approximate surface area is 134 Å². The largest absolute Gasteiger partial charge is 0.376 e. The highest BCUT2D eigenvalue weighted by atomic mass is 32.2. The van der Waals surface area contributed by atoms with Gasteiger partial charge in [-0.3, -0.25) is 4.90 Å². The SMILES string of the molecule is CC(C)=CCN1CCOC(CCNS(=O)(=O)N2CCCC2)C1. The number of ether oxygens (including phenoxy) is 1. The minimum absolute atomic E-state index is 0.112. The molecule has 0 radical (unpaired) electrons.